The molecule has 6 heteroatoms. The smallest absolute Gasteiger partial charge is 0.321 e. The molecule has 0 saturated carbocycles. The number of nitrogens with one attached hydrogen (secondary N) is 1. The van der Waals surface area contributed by atoms with E-state index in [1.165, 1.54) is 0 Å². The lowest BCUT2D eigenvalue weighted by Gasteiger charge is -2.21. The lowest BCUT2D eigenvalue weighted by Crippen LogP contribution is -2.46. The van der Waals surface area contributed by atoms with E-state index in [9.17, 15) is 9.59 Å². The van der Waals surface area contributed by atoms with Gasteiger partial charge in [-0.2, -0.15) is 0 Å². The highest BCUT2D eigenvalue weighted by Crippen LogP contribution is 2.11. The second kappa shape index (κ2) is 4.92. The molecule has 0 aromatic rings. The van der Waals surface area contributed by atoms with Crippen molar-refractivity contribution in [1.82, 2.24) is 5.32 Å². The number of carboxylic acids is 1. The Morgan fingerprint density at radius 2 is 2.00 bits per heavy atom. The summed E-state index contributed by atoms with van der Waals surface area (Å²) in [4.78, 5) is 21.2. The van der Waals surface area contributed by atoms with E-state index in [2.05, 4.69) is 5.32 Å². The van der Waals surface area contributed by atoms with Crippen molar-refractivity contribution in [3.63, 3.8) is 0 Å². The van der Waals surface area contributed by atoms with Crippen molar-refractivity contribution < 1.29 is 14.7 Å². The predicted octanol–water partition coefficient (Wildman–Crippen LogP) is -1.50. The van der Waals surface area contributed by atoms with Gasteiger partial charge in [0.15, 0.2) is 0 Å². The zero-order valence-electron chi connectivity index (χ0n) is 8.41. The first-order valence-corrected chi connectivity index (χ1v) is 4.26. The molecule has 1 unspecified atom stereocenters. The molecule has 82 valence electrons. The van der Waals surface area contributed by atoms with Crippen LogP contribution in [0.25, 0.3) is 0 Å². The summed E-state index contributed by atoms with van der Waals surface area (Å²) in [6.45, 7) is 3.78. The summed E-state index contributed by atoms with van der Waals surface area (Å²) in [5, 5.41) is 11.2. The van der Waals surface area contributed by atoms with E-state index in [-0.39, 0.29) is 6.54 Å². The highest BCUT2D eigenvalue weighted by atomic mass is 16.4. The van der Waals surface area contributed by atoms with Crippen molar-refractivity contribution in [3.8, 4) is 0 Å². The van der Waals surface area contributed by atoms with Gasteiger partial charge < -0.3 is 21.9 Å². The van der Waals surface area contributed by atoms with Crippen LogP contribution in [0.4, 0.5) is 0 Å². The van der Waals surface area contributed by atoms with E-state index in [1.807, 2.05) is 0 Å². The molecule has 0 aromatic carbocycles. The molecule has 0 rings (SSSR count). The molecule has 0 heterocycles. The van der Waals surface area contributed by atoms with Gasteiger partial charge in [-0.25, -0.2) is 0 Å². The van der Waals surface area contributed by atoms with Crippen LogP contribution in [0.2, 0.25) is 0 Å². The maximum Gasteiger partial charge on any atom is 0.321 e. The van der Waals surface area contributed by atoms with Crippen molar-refractivity contribution in [1.29, 1.82) is 0 Å². The van der Waals surface area contributed by atoms with Gasteiger partial charge in [0.25, 0.3) is 0 Å². The van der Waals surface area contributed by atoms with Crippen LogP contribution in [-0.4, -0.2) is 36.1 Å². The molecular formula is C8H17N3O3. The van der Waals surface area contributed by atoms with E-state index in [0.29, 0.717) is 6.54 Å². The average molecular weight is 203 g/mol. The van der Waals surface area contributed by atoms with E-state index in [1.54, 1.807) is 13.8 Å². The maximum absolute atomic E-state index is 10.9. The minimum absolute atomic E-state index is 0.117. The third kappa shape index (κ3) is 4.20. The normalized spacial score (nSPS) is 13.6. The molecule has 0 aromatic heterocycles. The monoisotopic (exact) mass is 203 g/mol. The van der Waals surface area contributed by atoms with Gasteiger partial charge in [-0.1, -0.05) is 0 Å². The van der Waals surface area contributed by atoms with Gasteiger partial charge >= 0.3 is 5.97 Å². The summed E-state index contributed by atoms with van der Waals surface area (Å²) in [7, 11) is 0. The maximum atomic E-state index is 10.9. The summed E-state index contributed by atoms with van der Waals surface area (Å²) in [5.74, 6) is -1.51. The van der Waals surface area contributed by atoms with Crippen LogP contribution < -0.4 is 16.8 Å². The first-order chi connectivity index (χ1) is 6.27. The minimum atomic E-state index is -1.07. The predicted molar refractivity (Wildman–Crippen MR) is 51.5 cm³/mol. The third-order valence-electron chi connectivity index (χ3n) is 1.92. The standard InChI is InChI=1S/C8H17N3O3/c1-8(2,7(10)14)4-11-3-5(9)6(12)13/h5,11H,3-4,9H2,1-2H3,(H2,10,14)(H,12,13). The van der Waals surface area contributed by atoms with Gasteiger partial charge in [-0.15, -0.1) is 0 Å². The first-order valence-electron chi connectivity index (χ1n) is 4.26. The average Bonchev–Trinajstić information content (AvgIpc) is 2.03. The number of primary amides is 1. The molecule has 6 nitrogen and oxygen atoms in total. The summed E-state index contributed by atoms with van der Waals surface area (Å²) in [5.41, 5.74) is 9.67. The van der Waals surface area contributed by atoms with Gasteiger partial charge in [0.2, 0.25) is 5.91 Å². The second-order valence-electron chi connectivity index (χ2n) is 3.82. The molecule has 0 radical (unpaired) electrons. The van der Waals surface area contributed by atoms with Crippen LogP contribution in [0.5, 0.6) is 0 Å². The Morgan fingerprint density at radius 3 is 2.36 bits per heavy atom. The summed E-state index contributed by atoms with van der Waals surface area (Å²) in [6, 6.07) is -0.960. The quantitative estimate of drug-likeness (QED) is 0.419. The van der Waals surface area contributed by atoms with Crippen molar-refractivity contribution >= 4 is 11.9 Å². The molecule has 0 aliphatic carbocycles. The molecular weight excluding hydrogens is 186 g/mol. The number of aliphatic carboxylic acids is 1. The minimum Gasteiger partial charge on any atom is -0.480 e. The highest BCUT2D eigenvalue weighted by Gasteiger charge is 2.24. The first kappa shape index (κ1) is 12.9. The zero-order chi connectivity index (χ0) is 11.4. The number of carbonyl (C=O) groups excluding carboxylic acids is 1. The molecule has 14 heavy (non-hydrogen) atoms. The van der Waals surface area contributed by atoms with Crippen LogP contribution >= 0.6 is 0 Å². The number of hydrogen-bond acceptors (Lipinski definition) is 4. The second-order valence-corrected chi connectivity index (χ2v) is 3.82. The Kier molecular flexibility index (Phi) is 4.52. The summed E-state index contributed by atoms with van der Waals surface area (Å²) >= 11 is 0. The van der Waals surface area contributed by atoms with Crippen LogP contribution in [-0.2, 0) is 9.59 Å². The largest absolute Gasteiger partial charge is 0.480 e. The van der Waals surface area contributed by atoms with Crippen LogP contribution in [0.15, 0.2) is 0 Å². The third-order valence-corrected chi connectivity index (χ3v) is 1.92. The Hall–Kier alpha value is -1.14. The molecule has 0 aliphatic rings. The van der Waals surface area contributed by atoms with Crippen LogP contribution in [0.3, 0.4) is 0 Å². The number of carboxylic acid groups (broad SMARTS) is 1. The van der Waals surface area contributed by atoms with E-state index < -0.39 is 23.3 Å². The van der Waals surface area contributed by atoms with Crippen molar-refractivity contribution in [2.45, 2.75) is 19.9 Å². The Balaban J connectivity index is 3.85. The summed E-state index contributed by atoms with van der Waals surface area (Å²) < 4.78 is 0. The van der Waals surface area contributed by atoms with Crippen molar-refractivity contribution in [2.24, 2.45) is 16.9 Å². The van der Waals surface area contributed by atoms with Gasteiger partial charge in [0.1, 0.15) is 6.04 Å². The van der Waals surface area contributed by atoms with E-state index >= 15 is 0 Å². The van der Waals surface area contributed by atoms with Gasteiger partial charge in [-0.3, -0.25) is 9.59 Å². The topological polar surface area (TPSA) is 118 Å². The van der Waals surface area contributed by atoms with Gasteiger partial charge in [0, 0.05) is 13.1 Å². The Morgan fingerprint density at radius 1 is 1.50 bits per heavy atom. The van der Waals surface area contributed by atoms with Crippen molar-refractivity contribution in [3.05, 3.63) is 0 Å². The SMILES string of the molecule is CC(C)(CNCC(N)C(=O)O)C(N)=O. The van der Waals surface area contributed by atoms with Gasteiger partial charge in [-0.05, 0) is 13.8 Å². The molecule has 1 amide bonds. The van der Waals surface area contributed by atoms with E-state index in [0.717, 1.165) is 0 Å². The number of hydrogen-bond donors (Lipinski definition) is 4. The van der Waals surface area contributed by atoms with E-state index in [4.69, 9.17) is 16.6 Å². The molecule has 0 aliphatic heterocycles. The van der Waals surface area contributed by atoms with Crippen LogP contribution in [0.1, 0.15) is 13.8 Å². The number of rotatable bonds is 6. The zero-order valence-corrected chi connectivity index (χ0v) is 8.41. The molecule has 0 bridgehead atoms. The number of nitrogens with two attached hydrogens (primary N) is 2. The Labute approximate surface area is 82.6 Å². The molecule has 1 atom stereocenters. The summed E-state index contributed by atoms with van der Waals surface area (Å²) in [6.07, 6.45) is 0. The Bertz CT molecular complexity index is 228. The molecule has 0 spiro atoms. The molecule has 6 N–H and O–H groups in total. The number of carbonyl (C=O) groups is 2. The van der Waals surface area contributed by atoms with Gasteiger partial charge in [0.05, 0.1) is 5.41 Å². The molecule has 0 fully saturated rings. The highest BCUT2D eigenvalue weighted by molar-refractivity contribution is 5.80. The number of amides is 1. The fraction of sp³-hybridized carbons (Fsp3) is 0.750. The lowest BCUT2D eigenvalue weighted by molar-refractivity contribution is -0.138. The van der Waals surface area contributed by atoms with Crippen molar-refractivity contribution in [2.75, 3.05) is 13.1 Å². The fourth-order valence-corrected chi connectivity index (χ4v) is 0.715. The fourth-order valence-electron chi connectivity index (χ4n) is 0.715. The lowest BCUT2D eigenvalue weighted by atomic mass is 9.93. The molecule has 0 saturated heterocycles. The van der Waals surface area contributed by atoms with Crippen LogP contribution in [0, 0.1) is 5.41 Å².